The van der Waals surface area contributed by atoms with E-state index >= 15 is 0 Å². The van der Waals surface area contributed by atoms with Crippen molar-refractivity contribution >= 4 is 12.1 Å². The van der Waals surface area contributed by atoms with Gasteiger partial charge >= 0.3 is 12.1 Å². The Bertz CT molecular complexity index is 633. The normalized spacial score (nSPS) is 25.1. The molecule has 0 aromatic heterocycles. The zero-order valence-corrected chi connectivity index (χ0v) is 15.9. The molecule has 1 heterocycles. The molecule has 4 atom stereocenters. The number of hydrogen-bond acceptors (Lipinski definition) is 6. The summed E-state index contributed by atoms with van der Waals surface area (Å²) in [4.78, 5) is 23.7. The minimum atomic E-state index is -0.617. The Kier molecular flexibility index (Phi) is 8.29. The summed E-state index contributed by atoms with van der Waals surface area (Å²) < 4.78 is 22.0. The summed E-state index contributed by atoms with van der Waals surface area (Å²) in [5, 5.41) is 2.78. The third-order valence-electron chi connectivity index (χ3n) is 4.10. The van der Waals surface area contributed by atoms with Crippen LogP contribution in [0.2, 0.25) is 0 Å². The van der Waals surface area contributed by atoms with E-state index < -0.39 is 36.6 Å². The van der Waals surface area contributed by atoms with Crippen molar-refractivity contribution in [3.63, 3.8) is 0 Å². The number of carbonyl (C=O) groups is 2. The quantitative estimate of drug-likeness (QED) is 0.581. The summed E-state index contributed by atoms with van der Waals surface area (Å²) in [6, 6.07) is 8.91. The van der Waals surface area contributed by atoms with E-state index in [2.05, 4.69) is 5.32 Å². The van der Waals surface area contributed by atoms with Crippen LogP contribution in [0.15, 0.2) is 42.5 Å². The van der Waals surface area contributed by atoms with Crippen LogP contribution in [0.5, 0.6) is 0 Å². The SMILES string of the molecule is C/C=C/CO[C@H]1C[C@@H](NC(=O)OCc2ccccc2)[C@@H](OC(C)=O)[C@H](C)O1. The van der Waals surface area contributed by atoms with Gasteiger partial charge in [-0.25, -0.2) is 4.79 Å². The Morgan fingerprint density at radius 3 is 2.70 bits per heavy atom. The van der Waals surface area contributed by atoms with E-state index in [4.69, 9.17) is 18.9 Å². The first-order valence-electron chi connectivity index (χ1n) is 9.02. The molecule has 1 fully saturated rings. The second kappa shape index (κ2) is 10.7. The summed E-state index contributed by atoms with van der Waals surface area (Å²) in [5.74, 6) is -0.437. The van der Waals surface area contributed by atoms with E-state index in [-0.39, 0.29) is 6.61 Å². The van der Waals surface area contributed by atoms with Gasteiger partial charge in [0, 0.05) is 13.3 Å². The summed E-state index contributed by atoms with van der Waals surface area (Å²) >= 11 is 0. The number of benzene rings is 1. The average molecular weight is 377 g/mol. The van der Waals surface area contributed by atoms with Crippen LogP contribution in [0, 0.1) is 0 Å². The molecule has 0 aliphatic carbocycles. The Hall–Kier alpha value is -2.38. The molecule has 27 heavy (non-hydrogen) atoms. The van der Waals surface area contributed by atoms with Gasteiger partial charge in [0.15, 0.2) is 6.29 Å². The maximum atomic E-state index is 12.2. The lowest BCUT2D eigenvalue weighted by atomic mass is 9.99. The molecule has 1 aliphatic rings. The molecule has 0 radical (unpaired) electrons. The number of rotatable bonds is 7. The number of alkyl carbamates (subject to hydrolysis) is 1. The summed E-state index contributed by atoms with van der Waals surface area (Å²) in [6.07, 6.45) is 1.95. The highest BCUT2D eigenvalue weighted by atomic mass is 16.7. The van der Waals surface area contributed by atoms with Gasteiger partial charge in [0.1, 0.15) is 12.7 Å². The van der Waals surface area contributed by atoms with Gasteiger partial charge in [-0.05, 0) is 19.4 Å². The van der Waals surface area contributed by atoms with E-state index in [0.717, 1.165) is 5.56 Å². The molecule has 2 rings (SSSR count). The molecule has 1 aromatic carbocycles. The molecule has 0 unspecified atom stereocenters. The predicted molar refractivity (Wildman–Crippen MR) is 98.8 cm³/mol. The molecule has 0 bridgehead atoms. The molecule has 0 spiro atoms. The molecular formula is C20H27NO6. The van der Waals surface area contributed by atoms with Gasteiger partial charge in [-0.2, -0.15) is 0 Å². The molecule has 148 valence electrons. The van der Waals surface area contributed by atoms with Crippen molar-refractivity contribution in [1.82, 2.24) is 5.32 Å². The lowest BCUT2D eigenvalue weighted by molar-refractivity contribution is -0.228. The van der Waals surface area contributed by atoms with Crippen LogP contribution >= 0.6 is 0 Å². The fourth-order valence-electron chi connectivity index (χ4n) is 2.83. The van der Waals surface area contributed by atoms with Crippen molar-refractivity contribution in [2.24, 2.45) is 0 Å². The maximum absolute atomic E-state index is 12.2. The largest absolute Gasteiger partial charge is 0.458 e. The maximum Gasteiger partial charge on any atom is 0.407 e. The standard InChI is InChI=1S/C20H27NO6/c1-4-5-11-24-18-12-17(19(14(2)26-18)27-15(3)22)21-20(23)25-13-16-9-7-6-8-10-16/h4-10,14,17-19H,11-13H2,1-3H3,(H,21,23)/b5-4+/t14-,17+,18+,19-/m0/s1. The minimum Gasteiger partial charge on any atom is -0.458 e. The fraction of sp³-hybridized carbons (Fsp3) is 0.500. The van der Waals surface area contributed by atoms with Crippen molar-refractivity contribution in [3.05, 3.63) is 48.0 Å². The Morgan fingerprint density at radius 1 is 1.30 bits per heavy atom. The molecular weight excluding hydrogens is 350 g/mol. The molecule has 1 amide bonds. The minimum absolute atomic E-state index is 0.158. The van der Waals surface area contributed by atoms with E-state index in [1.165, 1.54) is 6.92 Å². The zero-order chi connectivity index (χ0) is 19.6. The molecule has 1 N–H and O–H groups in total. The zero-order valence-electron chi connectivity index (χ0n) is 15.9. The second-order valence-electron chi connectivity index (χ2n) is 6.30. The van der Waals surface area contributed by atoms with E-state index in [9.17, 15) is 9.59 Å². The Labute approximate surface area is 159 Å². The van der Waals surface area contributed by atoms with Crippen molar-refractivity contribution in [2.45, 2.75) is 58.3 Å². The molecule has 1 aromatic rings. The van der Waals surface area contributed by atoms with Crippen LogP contribution in [-0.4, -0.2) is 43.2 Å². The highest BCUT2D eigenvalue weighted by Gasteiger charge is 2.40. The van der Waals surface area contributed by atoms with Crippen LogP contribution in [0.1, 0.15) is 32.8 Å². The number of hydrogen-bond donors (Lipinski definition) is 1. The van der Waals surface area contributed by atoms with Crippen LogP contribution in [0.3, 0.4) is 0 Å². The second-order valence-corrected chi connectivity index (χ2v) is 6.30. The number of nitrogens with one attached hydrogen (secondary N) is 1. The van der Waals surface area contributed by atoms with E-state index in [0.29, 0.717) is 13.0 Å². The van der Waals surface area contributed by atoms with Gasteiger partial charge < -0.3 is 24.3 Å². The van der Waals surface area contributed by atoms with Gasteiger partial charge in [0.25, 0.3) is 0 Å². The third kappa shape index (κ3) is 7.03. The summed E-state index contributed by atoms with van der Waals surface area (Å²) in [7, 11) is 0. The first-order valence-corrected chi connectivity index (χ1v) is 9.02. The molecule has 0 saturated carbocycles. The number of esters is 1. The van der Waals surface area contributed by atoms with Crippen molar-refractivity contribution in [1.29, 1.82) is 0 Å². The number of carbonyl (C=O) groups excluding carboxylic acids is 2. The summed E-state index contributed by atoms with van der Waals surface area (Å²) in [6.45, 7) is 5.56. The monoisotopic (exact) mass is 377 g/mol. The lowest BCUT2D eigenvalue weighted by Gasteiger charge is -2.39. The van der Waals surface area contributed by atoms with Crippen molar-refractivity contribution in [2.75, 3.05) is 6.61 Å². The van der Waals surface area contributed by atoms with Crippen LogP contribution in [0.4, 0.5) is 4.79 Å². The van der Waals surface area contributed by atoms with Crippen molar-refractivity contribution in [3.8, 4) is 0 Å². The molecule has 1 aliphatic heterocycles. The van der Waals surface area contributed by atoms with Crippen molar-refractivity contribution < 1.29 is 28.5 Å². The number of amides is 1. The number of ether oxygens (including phenoxy) is 4. The smallest absolute Gasteiger partial charge is 0.407 e. The molecule has 7 heteroatoms. The highest BCUT2D eigenvalue weighted by Crippen LogP contribution is 2.24. The lowest BCUT2D eigenvalue weighted by Crippen LogP contribution is -2.56. The Balaban J connectivity index is 1.95. The first kappa shape index (κ1) is 20.9. The average Bonchev–Trinajstić information content (AvgIpc) is 2.64. The van der Waals surface area contributed by atoms with Crippen LogP contribution in [0.25, 0.3) is 0 Å². The van der Waals surface area contributed by atoms with Crippen LogP contribution < -0.4 is 5.32 Å². The van der Waals surface area contributed by atoms with Gasteiger partial charge in [-0.1, -0.05) is 42.5 Å². The summed E-state index contributed by atoms with van der Waals surface area (Å²) in [5.41, 5.74) is 0.886. The van der Waals surface area contributed by atoms with E-state index in [1.54, 1.807) is 6.92 Å². The Morgan fingerprint density at radius 2 is 2.04 bits per heavy atom. The number of allylic oxidation sites excluding steroid dienone is 1. The van der Waals surface area contributed by atoms with Gasteiger partial charge in [0.05, 0.1) is 18.8 Å². The molecule has 1 saturated heterocycles. The third-order valence-corrected chi connectivity index (χ3v) is 4.10. The topological polar surface area (TPSA) is 83.1 Å². The van der Waals surface area contributed by atoms with Crippen LogP contribution in [-0.2, 0) is 30.3 Å². The van der Waals surface area contributed by atoms with E-state index in [1.807, 2.05) is 49.4 Å². The highest BCUT2D eigenvalue weighted by molar-refractivity contribution is 5.68. The van der Waals surface area contributed by atoms with Gasteiger partial charge in [-0.15, -0.1) is 0 Å². The first-order chi connectivity index (χ1) is 13.0. The molecule has 7 nitrogen and oxygen atoms in total. The predicted octanol–water partition coefficient (Wildman–Crippen LogP) is 2.94. The van der Waals surface area contributed by atoms with Gasteiger partial charge in [-0.3, -0.25) is 4.79 Å². The van der Waals surface area contributed by atoms with Gasteiger partial charge in [0.2, 0.25) is 0 Å². The fourth-order valence-corrected chi connectivity index (χ4v) is 2.83.